The predicted molar refractivity (Wildman–Crippen MR) is 75.7 cm³/mol. The van der Waals surface area contributed by atoms with E-state index in [1.807, 2.05) is 0 Å². The second-order valence-corrected chi connectivity index (χ2v) is 4.59. The maximum atomic E-state index is 11.9. The molecular formula is C14H19N3O3. The summed E-state index contributed by atoms with van der Waals surface area (Å²) in [6, 6.07) is 6.82. The van der Waals surface area contributed by atoms with Crippen LogP contribution in [0.1, 0.15) is 10.4 Å². The molecule has 0 radical (unpaired) electrons. The van der Waals surface area contributed by atoms with Gasteiger partial charge < -0.3 is 15.4 Å². The average molecular weight is 277 g/mol. The van der Waals surface area contributed by atoms with E-state index in [-0.39, 0.29) is 11.8 Å². The van der Waals surface area contributed by atoms with Crippen molar-refractivity contribution in [3.8, 4) is 0 Å². The topological polar surface area (TPSA) is 70.7 Å². The number of ether oxygens (including phenoxy) is 1. The zero-order valence-electron chi connectivity index (χ0n) is 11.5. The number of rotatable bonds is 4. The monoisotopic (exact) mass is 277 g/mol. The standard InChI is InChI=1S/C14H19N3O3/c1-15-14(19)11-2-4-12(5-3-11)16-13(18)10-17-6-8-20-9-7-17/h2-5H,6-10H2,1H3,(H,15,19)(H,16,18). The number of hydrogen-bond donors (Lipinski definition) is 2. The molecule has 6 heteroatoms. The molecule has 108 valence electrons. The van der Waals surface area contributed by atoms with Crippen LogP contribution in [0.4, 0.5) is 5.69 Å². The van der Waals surface area contributed by atoms with Crippen LogP contribution in [0.15, 0.2) is 24.3 Å². The van der Waals surface area contributed by atoms with Gasteiger partial charge in [-0.05, 0) is 24.3 Å². The molecule has 2 amide bonds. The molecule has 0 aliphatic carbocycles. The summed E-state index contributed by atoms with van der Waals surface area (Å²) >= 11 is 0. The van der Waals surface area contributed by atoms with Crippen LogP contribution in [0.5, 0.6) is 0 Å². The summed E-state index contributed by atoms with van der Waals surface area (Å²) in [5, 5.41) is 5.37. The van der Waals surface area contributed by atoms with Gasteiger partial charge in [0.1, 0.15) is 0 Å². The summed E-state index contributed by atoms with van der Waals surface area (Å²) in [4.78, 5) is 25.3. The fourth-order valence-electron chi connectivity index (χ4n) is 2.01. The Morgan fingerprint density at radius 1 is 1.20 bits per heavy atom. The van der Waals surface area contributed by atoms with Gasteiger partial charge in [0.25, 0.3) is 5.91 Å². The number of carbonyl (C=O) groups excluding carboxylic acids is 2. The van der Waals surface area contributed by atoms with Gasteiger partial charge in [-0.25, -0.2) is 0 Å². The first-order valence-electron chi connectivity index (χ1n) is 6.61. The molecule has 1 aliphatic rings. The lowest BCUT2D eigenvalue weighted by molar-refractivity contribution is -0.118. The summed E-state index contributed by atoms with van der Waals surface area (Å²) < 4.78 is 5.23. The molecule has 1 fully saturated rings. The van der Waals surface area contributed by atoms with Crippen LogP contribution in [0.2, 0.25) is 0 Å². The first-order valence-corrected chi connectivity index (χ1v) is 6.61. The van der Waals surface area contributed by atoms with E-state index in [9.17, 15) is 9.59 Å². The minimum Gasteiger partial charge on any atom is -0.379 e. The molecular weight excluding hydrogens is 258 g/mol. The maximum absolute atomic E-state index is 11.9. The van der Waals surface area contributed by atoms with Crippen LogP contribution in [-0.2, 0) is 9.53 Å². The van der Waals surface area contributed by atoms with E-state index < -0.39 is 0 Å². The molecule has 1 heterocycles. The largest absolute Gasteiger partial charge is 0.379 e. The van der Waals surface area contributed by atoms with Crippen LogP contribution in [0.25, 0.3) is 0 Å². The van der Waals surface area contributed by atoms with E-state index in [1.54, 1.807) is 31.3 Å². The Kier molecular flexibility index (Phi) is 5.09. The highest BCUT2D eigenvalue weighted by atomic mass is 16.5. The smallest absolute Gasteiger partial charge is 0.251 e. The van der Waals surface area contributed by atoms with Crippen molar-refractivity contribution < 1.29 is 14.3 Å². The van der Waals surface area contributed by atoms with E-state index in [2.05, 4.69) is 15.5 Å². The first-order chi connectivity index (χ1) is 9.69. The quantitative estimate of drug-likeness (QED) is 0.831. The molecule has 1 aromatic rings. The lowest BCUT2D eigenvalue weighted by atomic mass is 10.2. The number of benzene rings is 1. The molecule has 0 spiro atoms. The van der Waals surface area contributed by atoms with Crippen molar-refractivity contribution in [3.63, 3.8) is 0 Å². The second-order valence-electron chi connectivity index (χ2n) is 4.59. The van der Waals surface area contributed by atoms with Gasteiger partial charge in [-0.3, -0.25) is 14.5 Å². The molecule has 20 heavy (non-hydrogen) atoms. The molecule has 1 saturated heterocycles. The van der Waals surface area contributed by atoms with Gasteiger partial charge in [-0.1, -0.05) is 0 Å². The van der Waals surface area contributed by atoms with Gasteiger partial charge in [-0.15, -0.1) is 0 Å². The van der Waals surface area contributed by atoms with Gasteiger partial charge in [0.2, 0.25) is 5.91 Å². The van der Waals surface area contributed by atoms with Crippen molar-refractivity contribution >= 4 is 17.5 Å². The fraction of sp³-hybridized carbons (Fsp3) is 0.429. The third-order valence-electron chi connectivity index (χ3n) is 3.13. The Labute approximate surface area is 118 Å². The average Bonchev–Trinajstić information content (AvgIpc) is 2.48. The zero-order valence-corrected chi connectivity index (χ0v) is 11.5. The Bertz CT molecular complexity index is 467. The van der Waals surface area contributed by atoms with Crippen LogP contribution in [-0.4, -0.2) is 56.6 Å². The van der Waals surface area contributed by atoms with Gasteiger partial charge in [0.15, 0.2) is 0 Å². The lowest BCUT2D eigenvalue weighted by Crippen LogP contribution is -2.41. The second kappa shape index (κ2) is 7.02. The summed E-state index contributed by atoms with van der Waals surface area (Å²) in [6.45, 7) is 3.27. The first kappa shape index (κ1) is 14.5. The van der Waals surface area contributed by atoms with Crippen LogP contribution in [0.3, 0.4) is 0 Å². The normalized spacial score (nSPS) is 15.7. The maximum Gasteiger partial charge on any atom is 0.251 e. The van der Waals surface area contributed by atoms with Crippen molar-refractivity contribution in [3.05, 3.63) is 29.8 Å². The summed E-state index contributed by atoms with van der Waals surface area (Å²) in [5.74, 6) is -0.198. The number of anilines is 1. The van der Waals surface area contributed by atoms with Gasteiger partial charge >= 0.3 is 0 Å². The molecule has 0 bridgehead atoms. The Balaban J connectivity index is 1.85. The van der Waals surface area contributed by atoms with E-state index in [4.69, 9.17) is 4.74 Å². The number of carbonyl (C=O) groups is 2. The van der Waals surface area contributed by atoms with Crippen LogP contribution >= 0.6 is 0 Å². The molecule has 6 nitrogen and oxygen atoms in total. The minimum absolute atomic E-state index is 0.0559. The van der Waals surface area contributed by atoms with Crippen molar-refractivity contribution in [2.75, 3.05) is 45.2 Å². The molecule has 2 rings (SSSR count). The van der Waals surface area contributed by atoms with Crippen molar-refractivity contribution in [1.29, 1.82) is 0 Å². The molecule has 0 atom stereocenters. The minimum atomic E-state index is -0.142. The lowest BCUT2D eigenvalue weighted by Gasteiger charge is -2.25. The SMILES string of the molecule is CNC(=O)c1ccc(NC(=O)CN2CCOCC2)cc1. The summed E-state index contributed by atoms with van der Waals surface area (Å²) in [5.41, 5.74) is 1.26. The van der Waals surface area contributed by atoms with Crippen LogP contribution < -0.4 is 10.6 Å². The molecule has 0 saturated carbocycles. The Hall–Kier alpha value is -1.92. The van der Waals surface area contributed by atoms with Crippen molar-refractivity contribution in [1.82, 2.24) is 10.2 Å². The zero-order chi connectivity index (χ0) is 14.4. The third kappa shape index (κ3) is 4.04. The Morgan fingerprint density at radius 3 is 2.45 bits per heavy atom. The van der Waals surface area contributed by atoms with Gasteiger partial charge in [0, 0.05) is 31.4 Å². The number of amides is 2. The Morgan fingerprint density at radius 2 is 1.85 bits per heavy atom. The van der Waals surface area contributed by atoms with E-state index in [0.717, 1.165) is 13.1 Å². The van der Waals surface area contributed by atoms with Crippen molar-refractivity contribution in [2.45, 2.75) is 0 Å². The van der Waals surface area contributed by atoms with Gasteiger partial charge in [-0.2, -0.15) is 0 Å². The number of nitrogens with one attached hydrogen (secondary N) is 2. The van der Waals surface area contributed by atoms with Crippen LogP contribution in [0, 0.1) is 0 Å². The predicted octanol–water partition coefficient (Wildman–Crippen LogP) is 0.317. The molecule has 1 aromatic carbocycles. The molecule has 0 unspecified atom stereocenters. The fourth-order valence-corrected chi connectivity index (χ4v) is 2.01. The number of nitrogens with zero attached hydrogens (tertiary/aromatic N) is 1. The highest BCUT2D eigenvalue weighted by Crippen LogP contribution is 2.09. The summed E-state index contributed by atoms with van der Waals surface area (Å²) in [6.07, 6.45) is 0. The summed E-state index contributed by atoms with van der Waals surface area (Å²) in [7, 11) is 1.58. The van der Waals surface area contributed by atoms with E-state index in [0.29, 0.717) is 31.0 Å². The number of morpholine rings is 1. The van der Waals surface area contributed by atoms with E-state index in [1.165, 1.54) is 0 Å². The van der Waals surface area contributed by atoms with Gasteiger partial charge in [0.05, 0.1) is 19.8 Å². The highest BCUT2D eigenvalue weighted by molar-refractivity contribution is 5.96. The molecule has 1 aliphatic heterocycles. The number of hydrogen-bond acceptors (Lipinski definition) is 4. The third-order valence-corrected chi connectivity index (χ3v) is 3.13. The molecule has 0 aromatic heterocycles. The highest BCUT2D eigenvalue weighted by Gasteiger charge is 2.14. The van der Waals surface area contributed by atoms with E-state index >= 15 is 0 Å². The van der Waals surface area contributed by atoms with Crippen molar-refractivity contribution in [2.24, 2.45) is 0 Å². The molecule has 2 N–H and O–H groups in total.